The van der Waals surface area contributed by atoms with E-state index in [1.807, 2.05) is 7.05 Å². The first-order valence-electron chi connectivity index (χ1n) is 5.82. The fourth-order valence-corrected chi connectivity index (χ4v) is 1.98. The van der Waals surface area contributed by atoms with Crippen molar-refractivity contribution in [1.29, 1.82) is 0 Å². The van der Waals surface area contributed by atoms with Crippen LogP contribution in [0.5, 0.6) is 0 Å². The maximum atomic E-state index is 10.6. The number of hydrogen-bond acceptors (Lipinski definition) is 4. The zero-order valence-electron chi connectivity index (χ0n) is 9.94. The predicted octanol–water partition coefficient (Wildman–Crippen LogP) is 2.09. The minimum Gasteiger partial charge on any atom is -0.320 e. The molecule has 0 aliphatic rings. The Hall–Kier alpha value is 0.250. The fourth-order valence-electron chi connectivity index (χ4n) is 1.45. The molecule has 98 valence electrons. The third-order valence-corrected chi connectivity index (χ3v) is 3.06. The molecule has 0 aromatic rings. The lowest BCUT2D eigenvalue weighted by Gasteiger charge is -2.03. The van der Waals surface area contributed by atoms with Gasteiger partial charge in [-0.05, 0) is 26.4 Å². The van der Waals surface area contributed by atoms with Crippen LogP contribution >= 0.6 is 0 Å². The largest absolute Gasteiger partial charge is 0.320 e. The van der Waals surface area contributed by atoms with Crippen LogP contribution in [0.4, 0.5) is 0 Å². The van der Waals surface area contributed by atoms with E-state index >= 15 is 0 Å². The van der Waals surface area contributed by atoms with Crippen LogP contribution in [0.2, 0.25) is 0 Å². The van der Waals surface area contributed by atoms with E-state index in [1.165, 1.54) is 25.7 Å². The van der Waals surface area contributed by atoms with Gasteiger partial charge >= 0.3 is 0 Å². The molecule has 0 amide bonds. The molecule has 6 heteroatoms. The van der Waals surface area contributed by atoms with Crippen LogP contribution in [0, 0.1) is 0 Å². The van der Waals surface area contributed by atoms with Crippen LogP contribution in [0.25, 0.3) is 0 Å². The van der Waals surface area contributed by atoms with Crippen molar-refractivity contribution in [2.75, 3.05) is 20.2 Å². The van der Waals surface area contributed by atoms with Gasteiger partial charge in [0.05, 0.1) is 6.61 Å². The van der Waals surface area contributed by atoms with E-state index in [0.29, 0.717) is 6.61 Å². The number of unbranched alkanes of at least 4 members (excludes halogenated alkanes) is 6. The summed E-state index contributed by atoms with van der Waals surface area (Å²) in [4.78, 5) is 0. The minimum absolute atomic E-state index is 0.290. The van der Waals surface area contributed by atoms with Gasteiger partial charge in [-0.15, -0.1) is 0 Å². The zero-order chi connectivity index (χ0) is 12.3. The molecule has 0 saturated carbocycles. The summed E-state index contributed by atoms with van der Waals surface area (Å²) in [6.45, 7) is 1.39. The summed E-state index contributed by atoms with van der Waals surface area (Å²) in [6, 6.07) is 0. The Kier molecular flexibility index (Phi) is 10.6. The quantitative estimate of drug-likeness (QED) is 0.562. The van der Waals surface area contributed by atoms with E-state index in [1.54, 1.807) is 0 Å². The molecular weight excluding hydrogens is 246 g/mol. The smallest absolute Gasteiger partial charge is 0.266 e. The van der Waals surface area contributed by atoms with Gasteiger partial charge in [-0.2, -0.15) is 4.21 Å². The molecule has 0 heterocycles. The molecule has 0 aromatic carbocycles. The second-order valence-electron chi connectivity index (χ2n) is 3.83. The standard InChI is InChI=1S/C10H23NO3S2/c1-11-9-7-5-3-2-4-6-8-10-14-16(12,13)15/h11H,2-10H2,1H3,(H,12,13,15). The summed E-state index contributed by atoms with van der Waals surface area (Å²) in [5, 5.41) is 3.12. The lowest BCUT2D eigenvalue weighted by Crippen LogP contribution is -2.06. The molecule has 0 rings (SSSR count). The highest BCUT2D eigenvalue weighted by molar-refractivity contribution is 8.27. The Labute approximate surface area is 104 Å². The molecule has 4 nitrogen and oxygen atoms in total. The van der Waals surface area contributed by atoms with Gasteiger partial charge in [0.2, 0.25) is 0 Å². The highest BCUT2D eigenvalue weighted by Crippen LogP contribution is 2.07. The topological polar surface area (TPSA) is 58.6 Å². The van der Waals surface area contributed by atoms with Crippen molar-refractivity contribution in [3.63, 3.8) is 0 Å². The first-order valence-corrected chi connectivity index (χ1v) is 8.19. The number of nitrogens with one attached hydrogen (secondary N) is 1. The molecule has 16 heavy (non-hydrogen) atoms. The van der Waals surface area contributed by atoms with Crippen molar-refractivity contribution in [3.8, 4) is 0 Å². The molecular formula is C10H23NO3S2. The Bertz CT molecular complexity index is 242. The van der Waals surface area contributed by atoms with Gasteiger partial charge in [-0.1, -0.05) is 32.1 Å². The van der Waals surface area contributed by atoms with E-state index in [4.69, 9.17) is 4.55 Å². The molecule has 0 radical (unpaired) electrons. The molecule has 1 atom stereocenters. The molecule has 2 N–H and O–H groups in total. The molecule has 0 aliphatic carbocycles. The Morgan fingerprint density at radius 3 is 2.12 bits per heavy atom. The van der Waals surface area contributed by atoms with Gasteiger partial charge in [0.15, 0.2) is 0 Å². The monoisotopic (exact) mass is 269 g/mol. The average Bonchev–Trinajstić information content (AvgIpc) is 2.19. The normalized spacial score (nSPS) is 14.9. The highest BCUT2D eigenvalue weighted by Gasteiger charge is 1.98. The lowest BCUT2D eigenvalue weighted by atomic mass is 10.1. The van der Waals surface area contributed by atoms with Gasteiger partial charge < -0.3 is 5.32 Å². The van der Waals surface area contributed by atoms with Crippen LogP contribution in [-0.2, 0) is 24.4 Å². The van der Waals surface area contributed by atoms with Crippen LogP contribution in [-0.4, -0.2) is 29.0 Å². The molecule has 0 spiro atoms. The second-order valence-corrected chi connectivity index (χ2v) is 6.18. The van der Waals surface area contributed by atoms with Crippen molar-refractivity contribution in [1.82, 2.24) is 5.32 Å². The molecule has 0 bridgehead atoms. The Balaban J connectivity index is 3.05. The summed E-state index contributed by atoms with van der Waals surface area (Å²) >= 11 is 4.20. The molecule has 0 aromatic heterocycles. The first-order chi connectivity index (χ1) is 7.56. The van der Waals surface area contributed by atoms with Crippen LogP contribution in [0.1, 0.15) is 44.9 Å². The number of rotatable bonds is 11. The van der Waals surface area contributed by atoms with E-state index < -0.39 is 9.05 Å². The van der Waals surface area contributed by atoms with Gasteiger partial charge in [0.1, 0.15) is 0 Å². The van der Waals surface area contributed by atoms with Gasteiger partial charge in [-0.3, -0.25) is 8.74 Å². The summed E-state index contributed by atoms with van der Waals surface area (Å²) in [7, 11) is -1.43. The van der Waals surface area contributed by atoms with Crippen molar-refractivity contribution in [2.24, 2.45) is 0 Å². The van der Waals surface area contributed by atoms with E-state index in [0.717, 1.165) is 25.8 Å². The first kappa shape index (κ1) is 16.2. The Morgan fingerprint density at radius 2 is 1.62 bits per heavy atom. The van der Waals surface area contributed by atoms with Crippen LogP contribution < -0.4 is 5.32 Å². The Morgan fingerprint density at radius 1 is 1.12 bits per heavy atom. The van der Waals surface area contributed by atoms with Crippen molar-refractivity contribution in [2.45, 2.75) is 44.9 Å². The van der Waals surface area contributed by atoms with Crippen molar-refractivity contribution < 1.29 is 12.9 Å². The van der Waals surface area contributed by atoms with E-state index in [-0.39, 0.29) is 0 Å². The molecule has 0 aliphatic heterocycles. The zero-order valence-corrected chi connectivity index (χ0v) is 11.6. The van der Waals surface area contributed by atoms with Crippen LogP contribution in [0.15, 0.2) is 0 Å². The highest BCUT2D eigenvalue weighted by atomic mass is 32.9. The third-order valence-electron chi connectivity index (χ3n) is 2.30. The predicted molar refractivity (Wildman–Crippen MR) is 70.3 cm³/mol. The van der Waals surface area contributed by atoms with E-state index in [2.05, 4.69) is 20.7 Å². The molecule has 1 unspecified atom stereocenters. The molecule has 0 saturated heterocycles. The maximum absolute atomic E-state index is 10.6. The third kappa shape index (κ3) is 14.2. The van der Waals surface area contributed by atoms with Crippen molar-refractivity contribution >= 4 is 20.2 Å². The van der Waals surface area contributed by atoms with Crippen LogP contribution in [0.3, 0.4) is 0 Å². The van der Waals surface area contributed by atoms with Gasteiger partial charge in [0, 0.05) is 11.2 Å². The van der Waals surface area contributed by atoms with Crippen molar-refractivity contribution in [3.05, 3.63) is 0 Å². The molecule has 0 fully saturated rings. The minimum atomic E-state index is -3.41. The average molecular weight is 269 g/mol. The second kappa shape index (κ2) is 10.4. The SMILES string of the molecule is CNCCCCCCCCCOS(=O)(O)=S. The van der Waals surface area contributed by atoms with Gasteiger partial charge in [0.25, 0.3) is 9.05 Å². The van der Waals surface area contributed by atoms with Gasteiger partial charge in [-0.25, -0.2) is 0 Å². The summed E-state index contributed by atoms with van der Waals surface area (Å²) in [5.74, 6) is 0. The van der Waals surface area contributed by atoms with E-state index in [9.17, 15) is 4.21 Å². The summed E-state index contributed by atoms with van der Waals surface area (Å²) in [5.41, 5.74) is 0. The summed E-state index contributed by atoms with van der Waals surface area (Å²) in [6.07, 6.45) is 8.01. The summed E-state index contributed by atoms with van der Waals surface area (Å²) < 4.78 is 23.8. The lowest BCUT2D eigenvalue weighted by molar-refractivity contribution is 0.294. The number of hydrogen-bond donors (Lipinski definition) is 2. The maximum Gasteiger partial charge on any atom is 0.266 e. The fraction of sp³-hybridized carbons (Fsp3) is 1.00.